The van der Waals surface area contributed by atoms with Crippen LogP contribution in [0, 0.1) is 87.3 Å². The van der Waals surface area contributed by atoms with Crippen LogP contribution in [0.15, 0.2) is 54.6 Å². The number of amides is 6. The van der Waals surface area contributed by atoms with Crippen molar-refractivity contribution in [3.05, 3.63) is 71.7 Å². The van der Waals surface area contributed by atoms with Crippen LogP contribution in [0.2, 0.25) is 0 Å². The quantitative estimate of drug-likeness (QED) is 0.0987. The first-order chi connectivity index (χ1) is 63.2. The zero-order chi connectivity index (χ0) is 93.5. The Bertz CT molecular complexity index is 5250. The average Bonchev–Trinajstić information content (AvgIpc) is 1.60. The maximum absolute atomic E-state index is 14.2. The summed E-state index contributed by atoms with van der Waals surface area (Å²) in [6.45, 7) is 23.4. The van der Waals surface area contributed by atoms with Crippen molar-refractivity contribution in [1.29, 1.82) is 0 Å². The standard InChI is InChI=1S/C35H47N4O6.C34H45N4O6.C33H43N4O6.3V/c1-6-23-28(19-40)39-18-29(23)44-32-26(36-25-15-14-22(43-5)17-27(25)37-32)11-9-7-8-10-24-20-12-13-21(16-20)30(24)45-34(42)38-31(33(39)41)35(2,3)4;1-19-27(18-39)38-17-28(19)43-31-25(35-24-14-13-22(42-5)16-26(24)36-31)10-8-6-7-9-23-20-11-12-21(15-20)29(23)44-33(41)37-30(32(38)40)34(2,3)4;1-18-26(17-38)37-16-28(18)42-30-24(34-23-12-11-20(41-5)15-25(23)35-30)10-8-6-7-9-21-22-13-19(22)14-27(21)43-32(40)36-29(31(37)39)33(2,3)4;;;/h14-15,17,20-21,23-24,28-31H,6-13,16,18H2,1-5H3,(H,38,42);13-14,16,19-21,23,27-30H,6-12,15,17H2,1-5H3,(H,37,41);11-12,15,18-19,21-22,26-29H,6-10,13-14,16H2,1-5H3,(H,36,40);;;/q3*-1;;;/t20-,21+,23+,24-,28-,29+,30-,31-;19-,20+,21-,23+,27+,28-,29+,30+;18-,19?,21+,22?,26+,27+,28-,29+;;;/m100.../s1. The molecule has 6 aliphatic heterocycles. The third-order valence-electron chi connectivity index (χ3n) is 31.2. The van der Waals surface area contributed by atoms with Crippen LogP contribution < -0.4 is 44.4 Å². The number of aromatic nitrogens is 6. The molecular weight excluding hydrogens is 1830 g/mol. The van der Waals surface area contributed by atoms with Crippen molar-refractivity contribution in [1.82, 2.24) is 60.6 Å². The summed E-state index contributed by atoms with van der Waals surface area (Å²) in [5.41, 5.74) is 4.68. The summed E-state index contributed by atoms with van der Waals surface area (Å²) in [6.07, 6.45) is 26.2. The molecule has 3 radical (unpaired) electrons. The number of fused-ring (bicyclic) bond motifs is 25. The first-order valence-corrected chi connectivity index (χ1v) is 48.7. The van der Waals surface area contributed by atoms with E-state index in [0.717, 1.165) is 143 Å². The Morgan fingerprint density at radius 3 is 1.07 bits per heavy atom. The minimum Gasteiger partial charge on any atom is -0.540 e. The van der Waals surface area contributed by atoms with Crippen LogP contribution in [0.4, 0.5) is 14.4 Å². The van der Waals surface area contributed by atoms with Crippen molar-refractivity contribution in [3.63, 3.8) is 0 Å². The third-order valence-corrected chi connectivity index (χ3v) is 31.2. The number of rotatable bonds is 7. The van der Waals surface area contributed by atoms with E-state index < -0.39 is 89.1 Å². The van der Waals surface area contributed by atoms with Crippen LogP contribution in [0.25, 0.3) is 33.1 Å². The molecule has 18 rings (SSSR count). The molecule has 10 bridgehead atoms. The molecule has 3 N–H and O–H groups in total. The van der Waals surface area contributed by atoms with E-state index in [1.807, 2.05) is 138 Å². The fraction of sp³-hybridized carbons (Fsp3) is 0.676. The monoisotopic (exact) mass is 1970 g/mol. The van der Waals surface area contributed by atoms with Crippen LogP contribution in [-0.4, -0.2) is 213 Å². The molecule has 9 heterocycles. The van der Waals surface area contributed by atoms with Gasteiger partial charge in [0.05, 0.1) is 74.1 Å². The molecule has 3 aromatic heterocycles. The predicted octanol–water partition coefficient (Wildman–Crippen LogP) is 15.0. The Balaban J connectivity index is 0.000000170. The molecule has 2 unspecified atom stereocenters. The maximum atomic E-state index is 14.2. The van der Waals surface area contributed by atoms with E-state index in [2.05, 4.69) is 34.8 Å². The van der Waals surface area contributed by atoms with E-state index in [-0.39, 0.29) is 129 Å². The van der Waals surface area contributed by atoms with Gasteiger partial charge >= 0.3 is 18.3 Å². The number of nitrogens with zero attached hydrogens (tertiary/aromatic N) is 9. The molecule has 0 spiro atoms. The number of hydrogen-bond acceptors (Lipinski definition) is 24. The summed E-state index contributed by atoms with van der Waals surface area (Å²) < 4.78 is 54.2. The number of methoxy groups -OCH3 is 3. The molecule has 3 aromatic carbocycles. The zero-order valence-corrected chi connectivity index (χ0v) is 85.0. The van der Waals surface area contributed by atoms with Gasteiger partial charge in [0.25, 0.3) is 0 Å². The largest absolute Gasteiger partial charge is 0.540 e. The fourth-order valence-corrected chi connectivity index (χ4v) is 23.7. The van der Waals surface area contributed by atoms with Gasteiger partial charge in [0.15, 0.2) is 0 Å². The summed E-state index contributed by atoms with van der Waals surface area (Å²) in [7, 11) is 4.83. The Morgan fingerprint density at radius 1 is 0.370 bits per heavy atom. The van der Waals surface area contributed by atoms with Gasteiger partial charge in [-0.25, -0.2) is 63.1 Å². The summed E-state index contributed by atoms with van der Waals surface area (Å²) in [6, 6.07) is 11.7. The zero-order valence-electron chi connectivity index (χ0n) is 80.9. The van der Waals surface area contributed by atoms with Crippen LogP contribution in [-0.2, 0) is 118 Å². The van der Waals surface area contributed by atoms with Crippen LogP contribution in [0.5, 0.6) is 34.9 Å². The van der Waals surface area contributed by atoms with E-state index >= 15 is 0 Å². The number of hydrogen-bond donors (Lipinski definition) is 3. The first-order valence-electron chi connectivity index (χ1n) is 48.7. The fourth-order valence-electron chi connectivity index (χ4n) is 23.7. The molecule has 6 saturated carbocycles. The molecular formula is C102H135N12O18V3-3. The number of aryl methyl sites for hydroxylation is 3. The van der Waals surface area contributed by atoms with Gasteiger partial charge in [-0.1, -0.05) is 146 Å². The van der Waals surface area contributed by atoms with Crippen LogP contribution >= 0.6 is 0 Å². The minimum atomic E-state index is -0.892. The van der Waals surface area contributed by atoms with Crippen LogP contribution in [0.1, 0.15) is 235 Å². The second kappa shape index (κ2) is 43.9. The third kappa shape index (κ3) is 22.7. The van der Waals surface area contributed by atoms with Gasteiger partial charge in [-0.15, -0.1) is 0 Å². The average molecular weight is 1970 g/mol. The SMILES string of the molecule is CC[C@@H]1[C@@H]2CN(C(=O)[C@H](C(C)(C)C)NC(=O)O[C@@H]3[C@H]4CC[C@H](C4)[C@H]3CCCCCc3nc4ccc(OC)cc4nc3O2)[C@@H]1[C-]=O.COc1ccc2nc3c(nc2c1)O[C@H]1CN(C(=O)[C@H](C(C)(C)C)NC(=O)O[C@@H]2CC4CC4[C@H]2CCCCC3)[C@H]([C-]=O)[C@@H]1C.COc1ccc2nc3c(nc2c1)O[C@H]1CN(C(=O)[C@H](C(C)(C)C)NC(=O)O[C@@H]2[C@H]4CC[C@H](C4)[C@H]2CCCCC3)[C@H]([C-]=O)[C@@H]1C.[V].[V].[V]. The second-order valence-electron chi connectivity index (χ2n) is 42.8. The predicted molar refractivity (Wildman–Crippen MR) is 492 cm³/mol. The summed E-state index contributed by atoms with van der Waals surface area (Å²) in [4.78, 5) is 154. The Hall–Kier alpha value is -8.54. The number of benzene rings is 3. The van der Waals surface area contributed by atoms with E-state index in [9.17, 15) is 43.2 Å². The smallest absolute Gasteiger partial charge is 0.408 e. The van der Waals surface area contributed by atoms with Gasteiger partial charge in [-0.2, -0.15) is 0 Å². The minimum absolute atomic E-state index is 0. The maximum Gasteiger partial charge on any atom is 0.408 e. The van der Waals surface area contributed by atoms with Gasteiger partial charge in [0.2, 0.25) is 35.4 Å². The molecule has 6 amide bonds. The number of alkyl carbamates (subject to hydrolysis) is 3. The van der Waals surface area contributed by atoms with Gasteiger partial charge in [0, 0.05) is 73.9 Å². The van der Waals surface area contributed by atoms with Crippen LogP contribution in [0.3, 0.4) is 0 Å². The molecule has 6 aromatic rings. The number of ether oxygens (including phenoxy) is 9. The van der Waals surface area contributed by atoms with E-state index in [0.29, 0.717) is 130 Å². The molecule has 6 aliphatic carbocycles. The van der Waals surface area contributed by atoms with E-state index in [4.69, 9.17) is 72.5 Å². The topological polar surface area (TPSA) is 360 Å². The van der Waals surface area contributed by atoms with Gasteiger partial charge in [-0.05, 0) is 233 Å². The van der Waals surface area contributed by atoms with Crippen molar-refractivity contribution in [2.75, 3.05) is 41.0 Å². The number of nitrogens with one attached hydrogen (secondary N) is 3. The Morgan fingerprint density at radius 2 is 0.711 bits per heavy atom. The van der Waals surface area contributed by atoms with Crippen molar-refractivity contribution >= 4 is 88.0 Å². The summed E-state index contributed by atoms with van der Waals surface area (Å²) in [5.74, 6) is 5.47. The Kier molecular flexibility index (Phi) is 33.7. The van der Waals surface area contributed by atoms with Crippen molar-refractivity contribution < 1.29 is 141 Å². The van der Waals surface area contributed by atoms with Crippen molar-refractivity contribution in [2.24, 2.45) is 87.3 Å². The Labute approximate surface area is 829 Å². The molecule has 33 heteroatoms. The molecule has 30 nitrogen and oxygen atoms in total. The van der Waals surface area contributed by atoms with Gasteiger partial charge in [0.1, 0.15) is 89.1 Å². The molecule has 3 saturated heterocycles. The molecule has 24 atom stereocenters. The molecule has 12 aliphatic rings. The van der Waals surface area contributed by atoms with Gasteiger partial charge < -0.3 is 87.7 Å². The number of carbonyl (C=O) groups is 6. The normalized spacial score (nSPS) is 32.2. The van der Waals surface area contributed by atoms with Crippen molar-refractivity contribution in [2.45, 2.75) is 310 Å². The summed E-state index contributed by atoms with van der Waals surface area (Å²) >= 11 is 0. The van der Waals surface area contributed by atoms with Crippen molar-refractivity contribution in [3.8, 4) is 34.9 Å². The van der Waals surface area contributed by atoms with Gasteiger partial charge in [-0.3, -0.25) is 14.4 Å². The molecule has 135 heavy (non-hydrogen) atoms. The number of carbonyl (C=O) groups excluding carboxylic acids is 9. The second-order valence-corrected chi connectivity index (χ2v) is 42.8. The molecule has 9 fully saturated rings. The summed E-state index contributed by atoms with van der Waals surface area (Å²) in [5, 5.41) is 8.73. The van der Waals surface area contributed by atoms with E-state index in [1.54, 1.807) is 21.3 Å². The molecule has 729 valence electrons. The van der Waals surface area contributed by atoms with E-state index in [1.165, 1.54) is 34.0 Å². The first kappa shape index (κ1) is 104.